The summed E-state index contributed by atoms with van der Waals surface area (Å²) in [5, 5.41) is 3.61. The van der Waals surface area contributed by atoms with Crippen molar-refractivity contribution in [1.29, 1.82) is 0 Å². The van der Waals surface area contributed by atoms with Gasteiger partial charge in [0.2, 0.25) is 0 Å². The number of likely N-dealkylation sites (N-methyl/N-ethyl adjacent to an activating group) is 1. The van der Waals surface area contributed by atoms with E-state index in [-0.39, 0.29) is 6.04 Å². The highest BCUT2D eigenvalue weighted by molar-refractivity contribution is 9.13. The molecular formula is C15H15Br2NOS. The molecule has 1 aliphatic rings. The fourth-order valence-electron chi connectivity index (χ4n) is 2.64. The molecule has 0 radical (unpaired) electrons. The molecule has 0 aliphatic carbocycles. The Morgan fingerprint density at radius 3 is 2.90 bits per heavy atom. The van der Waals surface area contributed by atoms with E-state index in [2.05, 4.69) is 68.4 Å². The Kier molecular flexibility index (Phi) is 4.50. The minimum atomic E-state index is 0.288. The summed E-state index contributed by atoms with van der Waals surface area (Å²) in [7, 11) is 0. The molecule has 106 valence electrons. The highest BCUT2D eigenvalue weighted by Gasteiger charge is 2.32. The zero-order valence-electron chi connectivity index (χ0n) is 11.0. The highest BCUT2D eigenvalue weighted by atomic mass is 79.9. The molecule has 5 heteroatoms. The second kappa shape index (κ2) is 6.18. The van der Waals surface area contributed by atoms with Crippen LogP contribution in [0.4, 0.5) is 0 Å². The molecule has 1 aliphatic heterocycles. The maximum Gasteiger partial charge on any atom is 0.122 e. The average Bonchev–Trinajstić information content (AvgIpc) is 3.01. The number of ether oxygens (including phenoxy) is 1. The first kappa shape index (κ1) is 14.6. The SMILES string of the molecule is CCNC(c1cc(Br)c(Br)s1)C1COc2ccccc21. The second-order valence-electron chi connectivity index (χ2n) is 4.76. The van der Waals surface area contributed by atoms with E-state index < -0.39 is 0 Å². The van der Waals surface area contributed by atoms with Gasteiger partial charge < -0.3 is 10.1 Å². The molecule has 0 saturated carbocycles. The van der Waals surface area contributed by atoms with Crippen LogP contribution < -0.4 is 10.1 Å². The van der Waals surface area contributed by atoms with E-state index in [1.165, 1.54) is 10.4 Å². The average molecular weight is 417 g/mol. The number of halogens is 2. The number of nitrogens with one attached hydrogen (secondary N) is 1. The largest absolute Gasteiger partial charge is 0.493 e. The molecule has 2 aromatic rings. The minimum absolute atomic E-state index is 0.288. The van der Waals surface area contributed by atoms with Crippen molar-refractivity contribution in [3.63, 3.8) is 0 Å². The highest BCUT2D eigenvalue weighted by Crippen LogP contribution is 2.45. The quantitative estimate of drug-likeness (QED) is 0.748. The lowest BCUT2D eigenvalue weighted by atomic mass is 9.92. The summed E-state index contributed by atoms with van der Waals surface area (Å²) in [6, 6.07) is 10.8. The number of benzene rings is 1. The summed E-state index contributed by atoms with van der Waals surface area (Å²) in [5.74, 6) is 1.39. The van der Waals surface area contributed by atoms with Crippen LogP contribution >= 0.6 is 43.2 Å². The molecule has 0 amide bonds. The van der Waals surface area contributed by atoms with Crippen LogP contribution in [0.25, 0.3) is 0 Å². The molecule has 2 nitrogen and oxygen atoms in total. The van der Waals surface area contributed by atoms with Crippen LogP contribution in [0.5, 0.6) is 5.75 Å². The lowest BCUT2D eigenvalue weighted by Crippen LogP contribution is -2.27. The molecule has 2 atom stereocenters. The van der Waals surface area contributed by atoms with Crippen LogP contribution in [0.3, 0.4) is 0 Å². The second-order valence-corrected chi connectivity index (χ2v) is 8.02. The standard InChI is InChI=1S/C15H15Br2NOS/c1-2-18-14(13-7-11(16)15(17)20-13)10-8-19-12-6-4-3-5-9(10)12/h3-7,10,14,18H,2,8H2,1H3. The molecule has 1 aromatic heterocycles. The van der Waals surface area contributed by atoms with Gasteiger partial charge in [-0.2, -0.15) is 0 Å². The lowest BCUT2D eigenvalue weighted by Gasteiger charge is -2.22. The number of para-hydroxylation sites is 1. The summed E-state index contributed by atoms with van der Waals surface area (Å²) < 4.78 is 8.10. The van der Waals surface area contributed by atoms with E-state index >= 15 is 0 Å². The molecule has 3 rings (SSSR count). The number of thiophene rings is 1. The molecule has 1 N–H and O–H groups in total. The maximum atomic E-state index is 5.84. The number of hydrogen-bond donors (Lipinski definition) is 1. The van der Waals surface area contributed by atoms with Gasteiger partial charge in [0.25, 0.3) is 0 Å². The summed E-state index contributed by atoms with van der Waals surface area (Å²) in [6.07, 6.45) is 0. The van der Waals surface area contributed by atoms with Gasteiger partial charge in [-0.3, -0.25) is 0 Å². The van der Waals surface area contributed by atoms with E-state index in [1.54, 1.807) is 11.3 Å². The molecule has 2 unspecified atom stereocenters. The van der Waals surface area contributed by atoms with E-state index in [0.29, 0.717) is 5.92 Å². The fourth-order valence-corrected chi connectivity index (χ4v) is 4.87. The van der Waals surface area contributed by atoms with Crippen molar-refractivity contribution in [3.05, 3.63) is 49.0 Å². The molecule has 1 aromatic carbocycles. The smallest absolute Gasteiger partial charge is 0.122 e. The van der Waals surface area contributed by atoms with Crippen molar-refractivity contribution < 1.29 is 4.74 Å². The van der Waals surface area contributed by atoms with Crippen molar-refractivity contribution >= 4 is 43.2 Å². The molecule has 20 heavy (non-hydrogen) atoms. The third kappa shape index (κ3) is 2.69. The lowest BCUT2D eigenvalue weighted by molar-refractivity contribution is 0.302. The van der Waals surface area contributed by atoms with Gasteiger partial charge in [0.05, 0.1) is 16.4 Å². The Bertz CT molecular complexity index is 594. The molecular weight excluding hydrogens is 402 g/mol. The van der Waals surface area contributed by atoms with Crippen molar-refractivity contribution in [3.8, 4) is 5.75 Å². The predicted octanol–water partition coefficient (Wildman–Crippen LogP) is 5.10. The van der Waals surface area contributed by atoms with Gasteiger partial charge in [-0.25, -0.2) is 0 Å². The Morgan fingerprint density at radius 2 is 2.20 bits per heavy atom. The zero-order valence-corrected chi connectivity index (χ0v) is 15.0. The van der Waals surface area contributed by atoms with Gasteiger partial charge in [-0.05, 0) is 50.5 Å². The van der Waals surface area contributed by atoms with E-state index in [1.807, 2.05) is 6.07 Å². The summed E-state index contributed by atoms with van der Waals surface area (Å²) in [6.45, 7) is 3.83. The van der Waals surface area contributed by atoms with E-state index in [9.17, 15) is 0 Å². The van der Waals surface area contributed by atoms with Crippen molar-refractivity contribution in [1.82, 2.24) is 5.32 Å². The molecule has 2 heterocycles. The summed E-state index contributed by atoms with van der Waals surface area (Å²) in [4.78, 5) is 1.33. The van der Waals surface area contributed by atoms with Crippen LogP contribution in [0.15, 0.2) is 38.6 Å². The minimum Gasteiger partial charge on any atom is -0.493 e. The number of rotatable bonds is 4. The third-order valence-corrected chi connectivity index (χ3v) is 6.87. The molecule has 0 bridgehead atoms. The Labute approximate surface area is 139 Å². The number of hydrogen-bond acceptors (Lipinski definition) is 3. The van der Waals surface area contributed by atoms with Gasteiger partial charge in [0, 0.05) is 20.8 Å². The van der Waals surface area contributed by atoms with Crippen LogP contribution in [0.1, 0.15) is 29.3 Å². The van der Waals surface area contributed by atoms with Crippen molar-refractivity contribution in [2.45, 2.75) is 18.9 Å². The maximum absolute atomic E-state index is 5.84. The van der Waals surface area contributed by atoms with E-state index in [0.717, 1.165) is 27.2 Å². The number of fused-ring (bicyclic) bond motifs is 1. The third-order valence-electron chi connectivity index (χ3n) is 3.53. The Hall–Kier alpha value is -0.360. The first-order valence-corrected chi connectivity index (χ1v) is 9.00. The van der Waals surface area contributed by atoms with Crippen LogP contribution in [0.2, 0.25) is 0 Å². The van der Waals surface area contributed by atoms with E-state index in [4.69, 9.17) is 4.74 Å². The fraction of sp³-hybridized carbons (Fsp3) is 0.333. The van der Waals surface area contributed by atoms with Gasteiger partial charge in [-0.15, -0.1) is 11.3 Å². The first-order valence-electron chi connectivity index (χ1n) is 6.60. The van der Waals surface area contributed by atoms with Gasteiger partial charge >= 0.3 is 0 Å². The molecule has 0 saturated heterocycles. The van der Waals surface area contributed by atoms with Crippen LogP contribution in [-0.4, -0.2) is 13.2 Å². The summed E-state index contributed by atoms with van der Waals surface area (Å²) in [5.41, 5.74) is 1.30. The predicted molar refractivity (Wildman–Crippen MR) is 90.8 cm³/mol. The zero-order chi connectivity index (χ0) is 14.1. The first-order chi connectivity index (χ1) is 9.70. The molecule has 0 spiro atoms. The molecule has 0 fully saturated rings. The van der Waals surface area contributed by atoms with Crippen LogP contribution in [-0.2, 0) is 0 Å². The monoisotopic (exact) mass is 415 g/mol. The summed E-state index contributed by atoms with van der Waals surface area (Å²) >= 11 is 8.94. The van der Waals surface area contributed by atoms with Gasteiger partial charge in [0.15, 0.2) is 0 Å². The van der Waals surface area contributed by atoms with Gasteiger partial charge in [-0.1, -0.05) is 25.1 Å². The Balaban J connectivity index is 1.96. The normalized spacial score (nSPS) is 18.6. The Morgan fingerprint density at radius 1 is 1.40 bits per heavy atom. The van der Waals surface area contributed by atoms with Crippen molar-refractivity contribution in [2.24, 2.45) is 0 Å². The topological polar surface area (TPSA) is 21.3 Å². The van der Waals surface area contributed by atoms with Gasteiger partial charge in [0.1, 0.15) is 5.75 Å². The van der Waals surface area contributed by atoms with Crippen molar-refractivity contribution in [2.75, 3.05) is 13.2 Å². The van der Waals surface area contributed by atoms with Crippen LogP contribution in [0, 0.1) is 0 Å².